The number of halogens is 1. The van der Waals surface area contributed by atoms with E-state index in [4.69, 9.17) is 5.73 Å². The molecule has 5 rings (SSSR count). The lowest BCUT2D eigenvalue weighted by Crippen LogP contribution is -2.22. The molecular formula is C28H27FN8O2. The summed E-state index contributed by atoms with van der Waals surface area (Å²) in [6, 6.07) is 16.2. The second kappa shape index (κ2) is 9.67. The molecule has 11 heteroatoms. The number of nitrogen functional groups attached to an aromatic ring is 1. The van der Waals surface area contributed by atoms with Crippen molar-refractivity contribution in [2.24, 2.45) is 7.05 Å². The minimum Gasteiger partial charge on any atom is -0.368 e. The molecule has 5 aromatic rings. The van der Waals surface area contributed by atoms with Gasteiger partial charge in [-0.15, -0.1) is 0 Å². The van der Waals surface area contributed by atoms with Gasteiger partial charge in [-0.2, -0.15) is 10.1 Å². The molecule has 3 aromatic heterocycles. The Morgan fingerprint density at radius 1 is 1.03 bits per heavy atom. The zero-order valence-electron chi connectivity index (χ0n) is 21.9. The molecule has 0 fully saturated rings. The summed E-state index contributed by atoms with van der Waals surface area (Å²) >= 11 is 0. The smallest absolute Gasteiger partial charge is 0.324 e. The SMILES string of the molecule is Cn1c(=O)c(-c2ccc(F)c(NC(=O)Nc3cc(C(C)(C)C)nn3-c3ccccc3)c2)cc2cnc(N)nc21. The molecule has 0 radical (unpaired) electrons. The van der Waals surface area contributed by atoms with Crippen LogP contribution in [-0.4, -0.2) is 30.3 Å². The number of rotatable bonds is 4. The number of carbonyl (C=O) groups excluding carboxylic acids is 1. The van der Waals surface area contributed by atoms with Gasteiger partial charge in [0, 0.05) is 35.7 Å². The highest BCUT2D eigenvalue weighted by Crippen LogP contribution is 2.28. The molecule has 10 nitrogen and oxygen atoms in total. The van der Waals surface area contributed by atoms with Crippen molar-refractivity contribution < 1.29 is 9.18 Å². The van der Waals surface area contributed by atoms with Crippen LogP contribution in [0.1, 0.15) is 26.5 Å². The first-order valence-electron chi connectivity index (χ1n) is 12.2. The Hall–Kier alpha value is -5.06. The first kappa shape index (κ1) is 25.6. The Labute approximate surface area is 223 Å². The minimum absolute atomic E-state index is 0.0489. The number of anilines is 3. The van der Waals surface area contributed by atoms with Crippen LogP contribution < -0.4 is 21.9 Å². The maximum atomic E-state index is 14.8. The number of hydrogen-bond donors (Lipinski definition) is 3. The van der Waals surface area contributed by atoms with Crippen LogP contribution in [0, 0.1) is 5.82 Å². The molecule has 0 aliphatic heterocycles. The predicted octanol–water partition coefficient (Wildman–Crippen LogP) is 4.84. The van der Waals surface area contributed by atoms with Gasteiger partial charge in [0.05, 0.1) is 17.1 Å². The molecular weight excluding hydrogens is 499 g/mol. The van der Waals surface area contributed by atoms with E-state index in [1.54, 1.807) is 23.9 Å². The molecule has 3 heterocycles. The van der Waals surface area contributed by atoms with Gasteiger partial charge in [-0.1, -0.05) is 45.0 Å². The maximum absolute atomic E-state index is 14.8. The average Bonchev–Trinajstić information content (AvgIpc) is 3.33. The number of aromatic nitrogens is 5. The number of aryl methyl sites for hydroxylation is 1. The fourth-order valence-corrected chi connectivity index (χ4v) is 4.13. The number of para-hydroxylation sites is 1. The lowest BCUT2D eigenvalue weighted by atomic mass is 9.92. The summed E-state index contributed by atoms with van der Waals surface area (Å²) in [5, 5.41) is 10.6. The van der Waals surface area contributed by atoms with Crippen LogP contribution in [0.2, 0.25) is 0 Å². The molecule has 2 amide bonds. The summed E-state index contributed by atoms with van der Waals surface area (Å²) < 4.78 is 17.8. The van der Waals surface area contributed by atoms with Crippen molar-refractivity contribution in [2.75, 3.05) is 16.4 Å². The normalized spacial score (nSPS) is 11.5. The zero-order chi connectivity index (χ0) is 27.9. The number of nitrogens with one attached hydrogen (secondary N) is 2. The van der Waals surface area contributed by atoms with E-state index in [1.165, 1.54) is 29.0 Å². The summed E-state index contributed by atoms with van der Waals surface area (Å²) in [6.07, 6.45) is 1.51. The van der Waals surface area contributed by atoms with Crippen LogP contribution in [0.5, 0.6) is 0 Å². The van der Waals surface area contributed by atoms with Gasteiger partial charge in [-0.05, 0) is 35.9 Å². The Kier molecular flexibility index (Phi) is 6.35. The van der Waals surface area contributed by atoms with Crippen LogP contribution in [-0.2, 0) is 12.5 Å². The molecule has 198 valence electrons. The van der Waals surface area contributed by atoms with Crippen LogP contribution >= 0.6 is 0 Å². The molecule has 0 aliphatic carbocycles. The summed E-state index contributed by atoms with van der Waals surface area (Å²) in [6.45, 7) is 6.06. The van der Waals surface area contributed by atoms with Crippen molar-refractivity contribution in [1.82, 2.24) is 24.3 Å². The van der Waals surface area contributed by atoms with Gasteiger partial charge in [-0.25, -0.2) is 18.9 Å². The lowest BCUT2D eigenvalue weighted by molar-refractivity contribution is 0.262. The number of fused-ring (bicyclic) bond motifs is 1. The Morgan fingerprint density at radius 3 is 2.49 bits per heavy atom. The molecule has 2 aromatic carbocycles. The van der Waals surface area contributed by atoms with E-state index in [0.717, 1.165) is 11.4 Å². The van der Waals surface area contributed by atoms with E-state index in [9.17, 15) is 14.0 Å². The van der Waals surface area contributed by atoms with Crippen molar-refractivity contribution in [2.45, 2.75) is 26.2 Å². The number of nitrogens with zero attached hydrogens (tertiary/aromatic N) is 5. The first-order chi connectivity index (χ1) is 18.5. The third kappa shape index (κ3) is 5.06. The van der Waals surface area contributed by atoms with Crippen molar-refractivity contribution in [1.29, 1.82) is 0 Å². The Balaban J connectivity index is 1.47. The highest BCUT2D eigenvalue weighted by Gasteiger charge is 2.22. The van der Waals surface area contributed by atoms with Crippen molar-refractivity contribution in [3.05, 3.63) is 88.7 Å². The number of benzene rings is 2. The molecule has 0 aliphatic rings. The summed E-state index contributed by atoms with van der Waals surface area (Å²) in [5.74, 6) is -0.190. The molecule has 0 atom stereocenters. The molecule has 0 spiro atoms. The highest BCUT2D eigenvalue weighted by molar-refractivity contribution is 6.00. The Bertz CT molecular complexity index is 1770. The number of amides is 2. The van der Waals surface area contributed by atoms with Crippen LogP contribution in [0.15, 0.2) is 71.7 Å². The molecule has 0 saturated heterocycles. The third-order valence-electron chi connectivity index (χ3n) is 6.21. The standard InChI is InChI=1S/C28H27FN8O2/c1-28(2,3)22-14-23(37(35-22)18-8-6-5-7-9-18)33-27(39)32-21-13-16(10-11-20(21)29)19-12-17-15-31-26(30)34-24(17)36(4)25(19)38/h5-15H,1-4H3,(H2,30,31,34)(H2,32,33,39). The third-order valence-corrected chi connectivity index (χ3v) is 6.21. The Morgan fingerprint density at radius 2 is 1.77 bits per heavy atom. The van der Waals surface area contributed by atoms with Gasteiger partial charge in [0.1, 0.15) is 17.3 Å². The second-order valence-corrected chi connectivity index (χ2v) is 10.1. The number of urea groups is 1. The van der Waals surface area contributed by atoms with E-state index in [1.807, 2.05) is 51.1 Å². The fourth-order valence-electron chi connectivity index (χ4n) is 4.13. The van der Waals surface area contributed by atoms with E-state index in [-0.39, 0.29) is 22.6 Å². The summed E-state index contributed by atoms with van der Waals surface area (Å²) in [5.41, 5.74) is 7.55. The van der Waals surface area contributed by atoms with Gasteiger partial charge in [0.15, 0.2) is 0 Å². The molecule has 0 unspecified atom stereocenters. The van der Waals surface area contributed by atoms with Gasteiger partial charge in [-0.3, -0.25) is 14.7 Å². The van der Waals surface area contributed by atoms with Gasteiger partial charge < -0.3 is 11.1 Å². The second-order valence-electron chi connectivity index (χ2n) is 10.1. The van der Waals surface area contributed by atoms with E-state index in [0.29, 0.717) is 28.0 Å². The quantitative estimate of drug-likeness (QED) is 0.307. The largest absolute Gasteiger partial charge is 0.368 e. The molecule has 0 saturated carbocycles. The number of carbonyl (C=O) groups is 1. The number of hydrogen-bond acceptors (Lipinski definition) is 6. The molecule has 4 N–H and O–H groups in total. The molecule has 0 bridgehead atoms. The average molecular weight is 527 g/mol. The summed E-state index contributed by atoms with van der Waals surface area (Å²) in [7, 11) is 1.57. The molecule has 39 heavy (non-hydrogen) atoms. The van der Waals surface area contributed by atoms with Crippen LogP contribution in [0.25, 0.3) is 27.8 Å². The maximum Gasteiger partial charge on any atom is 0.324 e. The van der Waals surface area contributed by atoms with Crippen LogP contribution in [0.3, 0.4) is 0 Å². The fraction of sp³-hybridized carbons (Fsp3) is 0.179. The van der Waals surface area contributed by atoms with Crippen molar-refractivity contribution in [3.63, 3.8) is 0 Å². The zero-order valence-corrected chi connectivity index (χ0v) is 21.9. The van der Waals surface area contributed by atoms with Gasteiger partial charge in [0.25, 0.3) is 5.56 Å². The van der Waals surface area contributed by atoms with E-state index >= 15 is 0 Å². The van der Waals surface area contributed by atoms with Gasteiger partial charge >= 0.3 is 6.03 Å². The topological polar surface area (TPSA) is 133 Å². The minimum atomic E-state index is -0.668. The van der Waals surface area contributed by atoms with E-state index < -0.39 is 11.8 Å². The van der Waals surface area contributed by atoms with E-state index in [2.05, 4.69) is 25.7 Å². The monoisotopic (exact) mass is 526 g/mol. The predicted molar refractivity (Wildman–Crippen MR) is 149 cm³/mol. The summed E-state index contributed by atoms with van der Waals surface area (Å²) in [4.78, 5) is 34.2. The number of pyridine rings is 1. The van der Waals surface area contributed by atoms with Gasteiger partial charge in [0.2, 0.25) is 5.95 Å². The van der Waals surface area contributed by atoms with Crippen molar-refractivity contribution >= 4 is 34.5 Å². The van der Waals surface area contributed by atoms with Crippen molar-refractivity contribution in [3.8, 4) is 16.8 Å². The lowest BCUT2D eigenvalue weighted by Gasteiger charge is -2.14. The number of nitrogens with two attached hydrogens (primary N) is 1. The van der Waals surface area contributed by atoms with Crippen LogP contribution in [0.4, 0.5) is 26.6 Å². The highest BCUT2D eigenvalue weighted by atomic mass is 19.1. The first-order valence-corrected chi connectivity index (χ1v) is 12.2.